The van der Waals surface area contributed by atoms with Crippen molar-refractivity contribution < 1.29 is 14.3 Å². The van der Waals surface area contributed by atoms with Gasteiger partial charge in [-0.15, -0.1) is 0 Å². The standard InChI is InChI=1S/C12H18N4O3/c1-3-15-7-8(13)10(14-15)11(17)16-6-4-5-9(16)12(18)19-2/h7,9H,3-6,13H2,1-2H3. The number of amides is 1. The number of aromatic nitrogens is 2. The Bertz CT molecular complexity index is 497. The van der Waals surface area contributed by atoms with Crippen molar-refractivity contribution in [1.29, 1.82) is 0 Å². The highest BCUT2D eigenvalue weighted by molar-refractivity contribution is 5.99. The number of rotatable bonds is 3. The first-order valence-corrected chi connectivity index (χ1v) is 6.30. The third kappa shape index (κ3) is 2.40. The first-order chi connectivity index (χ1) is 9.08. The number of anilines is 1. The van der Waals surface area contributed by atoms with Crippen molar-refractivity contribution >= 4 is 17.6 Å². The molecule has 1 atom stereocenters. The van der Waals surface area contributed by atoms with Crippen molar-refractivity contribution in [2.24, 2.45) is 0 Å². The van der Waals surface area contributed by atoms with Crippen LogP contribution in [0.25, 0.3) is 0 Å². The molecule has 0 bridgehead atoms. The van der Waals surface area contributed by atoms with Crippen LogP contribution in [0.15, 0.2) is 6.20 Å². The molecule has 2 N–H and O–H groups in total. The molecule has 19 heavy (non-hydrogen) atoms. The summed E-state index contributed by atoms with van der Waals surface area (Å²) in [7, 11) is 1.32. The molecule has 1 fully saturated rings. The van der Waals surface area contributed by atoms with Gasteiger partial charge in [-0.25, -0.2) is 4.79 Å². The maximum Gasteiger partial charge on any atom is 0.328 e. The summed E-state index contributed by atoms with van der Waals surface area (Å²) in [5, 5.41) is 4.14. The lowest BCUT2D eigenvalue weighted by molar-refractivity contribution is -0.145. The number of esters is 1. The molecule has 1 amide bonds. The number of aryl methyl sites for hydroxylation is 1. The average Bonchev–Trinajstić information content (AvgIpc) is 3.03. The van der Waals surface area contributed by atoms with Gasteiger partial charge in [-0.05, 0) is 19.8 Å². The van der Waals surface area contributed by atoms with Gasteiger partial charge in [0.2, 0.25) is 0 Å². The van der Waals surface area contributed by atoms with Crippen LogP contribution in [0.2, 0.25) is 0 Å². The molecule has 7 heteroatoms. The largest absolute Gasteiger partial charge is 0.467 e. The Morgan fingerprint density at radius 3 is 2.89 bits per heavy atom. The molecule has 1 unspecified atom stereocenters. The molecule has 1 aromatic rings. The number of hydrogen-bond acceptors (Lipinski definition) is 5. The number of methoxy groups -OCH3 is 1. The number of carbonyl (C=O) groups is 2. The summed E-state index contributed by atoms with van der Waals surface area (Å²) in [6.45, 7) is 3.07. The molecule has 0 saturated carbocycles. The first kappa shape index (κ1) is 13.4. The lowest BCUT2D eigenvalue weighted by Crippen LogP contribution is -2.41. The van der Waals surface area contributed by atoms with Crippen LogP contribution >= 0.6 is 0 Å². The number of hydrogen-bond donors (Lipinski definition) is 1. The van der Waals surface area contributed by atoms with Crippen LogP contribution in [0.4, 0.5) is 5.69 Å². The molecular weight excluding hydrogens is 248 g/mol. The van der Waals surface area contributed by atoms with Gasteiger partial charge < -0.3 is 15.4 Å². The molecule has 1 saturated heterocycles. The van der Waals surface area contributed by atoms with Gasteiger partial charge in [0.1, 0.15) is 6.04 Å². The number of ether oxygens (including phenoxy) is 1. The van der Waals surface area contributed by atoms with Crippen molar-refractivity contribution in [2.75, 3.05) is 19.4 Å². The highest BCUT2D eigenvalue weighted by atomic mass is 16.5. The summed E-state index contributed by atoms with van der Waals surface area (Å²) in [6, 6.07) is -0.524. The van der Waals surface area contributed by atoms with E-state index in [1.54, 1.807) is 10.9 Å². The molecule has 1 aromatic heterocycles. The molecule has 0 spiro atoms. The number of nitrogens with zero attached hydrogens (tertiary/aromatic N) is 3. The quantitative estimate of drug-likeness (QED) is 0.793. The van der Waals surface area contributed by atoms with Crippen LogP contribution in [0.3, 0.4) is 0 Å². The second-order valence-corrected chi connectivity index (χ2v) is 4.47. The summed E-state index contributed by atoms with van der Waals surface area (Å²) in [5.41, 5.74) is 6.33. The normalized spacial score (nSPS) is 18.6. The minimum Gasteiger partial charge on any atom is -0.467 e. The number of carbonyl (C=O) groups excluding carboxylic acids is 2. The summed E-state index contributed by atoms with van der Waals surface area (Å²) in [6.07, 6.45) is 3.02. The zero-order chi connectivity index (χ0) is 14.0. The van der Waals surface area contributed by atoms with E-state index in [0.717, 1.165) is 6.42 Å². The van der Waals surface area contributed by atoms with Gasteiger partial charge in [0.25, 0.3) is 5.91 Å². The van der Waals surface area contributed by atoms with Gasteiger partial charge in [0, 0.05) is 19.3 Å². The van der Waals surface area contributed by atoms with Gasteiger partial charge >= 0.3 is 5.97 Å². The summed E-state index contributed by atoms with van der Waals surface area (Å²) >= 11 is 0. The predicted molar refractivity (Wildman–Crippen MR) is 68.4 cm³/mol. The molecule has 104 valence electrons. The highest BCUT2D eigenvalue weighted by Gasteiger charge is 2.36. The Morgan fingerprint density at radius 1 is 1.58 bits per heavy atom. The van der Waals surface area contributed by atoms with E-state index in [1.807, 2.05) is 6.92 Å². The SMILES string of the molecule is CCn1cc(N)c(C(=O)N2CCCC2C(=O)OC)n1. The van der Waals surface area contributed by atoms with Gasteiger partial charge in [-0.1, -0.05) is 0 Å². The monoisotopic (exact) mass is 266 g/mol. The zero-order valence-electron chi connectivity index (χ0n) is 11.1. The van der Waals surface area contributed by atoms with Gasteiger partial charge in [-0.2, -0.15) is 5.10 Å². The van der Waals surface area contributed by atoms with Crippen molar-refractivity contribution in [3.8, 4) is 0 Å². The topological polar surface area (TPSA) is 90.5 Å². The molecule has 7 nitrogen and oxygen atoms in total. The van der Waals surface area contributed by atoms with E-state index in [4.69, 9.17) is 10.5 Å². The third-order valence-corrected chi connectivity index (χ3v) is 3.30. The molecule has 1 aliphatic rings. The minimum atomic E-state index is -0.524. The van der Waals surface area contributed by atoms with Crippen molar-refractivity contribution in [3.63, 3.8) is 0 Å². The molecule has 0 radical (unpaired) electrons. The number of nitrogens with two attached hydrogens (primary N) is 1. The first-order valence-electron chi connectivity index (χ1n) is 6.30. The lowest BCUT2D eigenvalue weighted by atomic mass is 10.2. The summed E-state index contributed by atoms with van der Waals surface area (Å²) in [5.74, 6) is -0.697. The van der Waals surface area contributed by atoms with Crippen LogP contribution in [0.5, 0.6) is 0 Å². The van der Waals surface area contributed by atoms with Crippen molar-refractivity contribution in [2.45, 2.75) is 32.4 Å². The maximum absolute atomic E-state index is 12.4. The van der Waals surface area contributed by atoms with Crippen LogP contribution < -0.4 is 5.73 Å². The minimum absolute atomic E-state index is 0.206. The fourth-order valence-corrected chi connectivity index (χ4v) is 2.29. The summed E-state index contributed by atoms with van der Waals surface area (Å²) < 4.78 is 6.32. The van der Waals surface area contributed by atoms with Crippen LogP contribution in [-0.2, 0) is 16.1 Å². The van der Waals surface area contributed by atoms with Crippen LogP contribution in [-0.4, -0.2) is 46.3 Å². The number of likely N-dealkylation sites (tertiary alicyclic amines) is 1. The smallest absolute Gasteiger partial charge is 0.328 e. The molecule has 0 aliphatic carbocycles. The maximum atomic E-state index is 12.4. The van der Waals surface area contributed by atoms with Crippen LogP contribution in [0, 0.1) is 0 Å². The Kier molecular flexibility index (Phi) is 3.73. The molecule has 1 aliphatic heterocycles. The van der Waals surface area contributed by atoms with E-state index in [0.29, 0.717) is 25.2 Å². The van der Waals surface area contributed by atoms with Crippen LogP contribution in [0.1, 0.15) is 30.3 Å². The Labute approximate surface area is 111 Å². The lowest BCUT2D eigenvalue weighted by Gasteiger charge is -2.21. The Hall–Kier alpha value is -2.05. The highest BCUT2D eigenvalue weighted by Crippen LogP contribution is 2.22. The van der Waals surface area contributed by atoms with Crippen molar-refractivity contribution in [3.05, 3.63) is 11.9 Å². The Morgan fingerprint density at radius 2 is 2.32 bits per heavy atom. The second-order valence-electron chi connectivity index (χ2n) is 4.47. The summed E-state index contributed by atoms with van der Waals surface area (Å²) in [4.78, 5) is 25.5. The van der Waals surface area contributed by atoms with Gasteiger partial charge in [-0.3, -0.25) is 9.48 Å². The third-order valence-electron chi connectivity index (χ3n) is 3.30. The second kappa shape index (κ2) is 5.29. The molecular formula is C12H18N4O3. The van der Waals surface area contributed by atoms with Gasteiger partial charge in [0.15, 0.2) is 5.69 Å². The predicted octanol–water partition coefficient (Wildman–Crippen LogP) is 0.263. The van der Waals surface area contributed by atoms with E-state index in [2.05, 4.69) is 5.10 Å². The Balaban J connectivity index is 2.22. The van der Waals surface area contributed by atoms with E-state index in [1.165, 1.54) is 12.0 Å². The average molecular weight is 266 g/mol. The number of nitrogen functional groups attached to an aromatic ring is 1. The molecule has 2 heterocycles. The zero-order valence-corrected chi connectivity index (χ0v) is 11.1. The van der Waals surface area contributed by atoms with E-state index >= 15 is 0 Å². The van der Waals surface area contributed by atoms with E-state index in [-0.39, 0.29) is 17.6 Å². The van der Waals surface area contributed by atoms with E-state index in [9.17, 15) is 9.59 Å². The van der Waals surface area contributed by atoms with Crippen molar-refractivity contribution in [1.82, 2.24) is 14.7 Å². The van der Waals surface area contributed by atoms with E-state index < -0.39 is 6.04 Å². The molecule has 2 rings (SSSR count). The fraction of sp³-hybridized carbons (Fsp3) is 0.583. The fourth-order valence-electron chi connectivity index (χ4n) is 2.29. The van der Waals surface area contributed by atoms with Gasteiger partial charge in [0.05, 0.1) is 12.8 Å². The molecule has 0 aromatic carbocycles.